The summed E-state index contributed by atoms with van der Waals surface area (Å²) in [6, 6.07) is 12.7. The van der Waals surface area contributed by atoms with Crippen LogP contribution in [0.3, 0.4) is 0 Å². The van der Waals surface area contributed by atoms with Crippen molar-refractivity contribution in [1.29, 1.82) is 0 Å². The van der Waals surface area contributed by atoms with Gasteiger partial charge >= 0.3 is 6.03 Å². The maximum atomic E-state index is 12.8. The Balaban J connectivity index is 1.76. The minimum atomic E-state index is -1.26. The molecule has 1 atom stereocenters. The van der Waals surface area contributed by atoms with E-state index in [0.29, 0.717) is 21.3 Å². The summed E-state index contributed by atoms with van der Waals surface area (Å²) in [6.45, 7) is 1.17. The Morgan fingerprint density at radius 2 is 1.77 bits per heavy atom. The van der Waals surface area contributed by atoms with Gasteiger partial charge in [0.15, 0.2) is 0 Å². The molecule has 0 unspecified atom stereocenters. The molecule has 0 saturated carbocycles. The average Bonchev–Trinajstić information content (AvgIpc) is 2.82. The lowest BCUT2D eigenvalue weighted by molar-refractivity contribution is -0.133. The highest BCUT2D eigenvalue weighted by atomic mass is 35.5. The molecule has 6 nitrogen and oxygen atoms in total. The zero-order valence-corrected chi connectivity index (χ0v) is 15.3. The number of hydrogen-bond donors (Lipinski definition) is 2. The van der Waals surface area contributed by atoms with E-state index in [2.05, 4.69) is 10.6 Å². The third kappa shape index (κ3) is 3.38. The fourth-order valence-corrected chi connectivity index (χ4v) is 3.02. The van der Waals surface area contributed by atoms with Crippen LogP contribution in [0.15, 0.2) is 48.5 Å². The van der Waals surface area contributed by atoms with Crippen LogP contribution in [-0.4, -0.2) is 29.3 Å². The van der Waals surface area contributed by atoms with E-state index in [9.17, 15) is 14.4 Å². The molecule has 8 heteroatoms. The zero-order valence-electron chi connectivity index (χ0n) is 13.8. The SMILES string of the molecule is C[C@@]1(c2ccc(Cl)cc2)NC(=O)N(CC(=O)Nc2ccccc2Cl)C1=O. The van der Waals surface area contributed by atoms with E-state index in [-0.39, 0.29) is 0 Å². The molecule has 1 aliphatic rings. The number of benzene rings is 2. The molecule has 0 radical (unpaired) electrons. The van der Waals surface area contributed by atoms with Gasteiger partial charge in [0.05, 0.1) is 10.7 Å². The highest BCUT2D eigenvalue weighted by Crippen LogP contribution is 2.29. The fraction of sp³-hybridized carbons (Fsp3) is 0.167. The van der Waals surface area contributed by atoms with Gasteiger partial charge in [0.2, 0.25) is 5.91 Å². The number of amides is 4. The molecule has 1 saturated heterocycles. The van der Waals surface area contributed by atoms with E-state index >= 15 is 0 Å². The van der Waals surface area contributed by atoms with Crippen LogP contribution >= 0.6 is 23.2 Å². The fourth-order valence-electron chi connectivity index (χ4n) is 2.72. The van der Waals surface area contributed by atoms with Gasteiger partial charge in [-0.2, -0.15) is 0 Å². The molecule has 134 valence electrons. The molecule has 3 rings (SSSR count). The third-order valence-corrected chi connectivity index (χ3v) is 4.73. The first-order valence-electron chi connectivity index (χ1n) is 7.76. The van der Waals surface area contributed by atoms with Gasteiger partial charge in [-0.1, -0.05) is 47.5 Å². The lowest BCUT2D eigenvalue weighted by Gasteiger charge is -2.22. The second kappa shape index (κ2) is 6.97. The van der Waals surface area contributed by atoms with Gasteiger partial charge in [-0.3, -0.25) is 14.5 Å². The minimum absolute atomic E-state index is 0.365. The van der Waals surface area contributed by atoms with Crippen LogP contribution < -0.4 is 10.6 Å². The van der Waals surface area contributed by atoms with Crippen molar-refractivity contribution in [2.75, 3.05) is 11.9 Å². The Morgan fingerprint density at radius 1 is 1.12 bits per heavy atom. The van der Waals surface area contributed by atoms with Gasteiger partial charge in [0.25, 0.3) is 5.91 Å². The first kappa shape index (κ1) is 18.2. The molecule has 1 heterocycles. The van der Waals surface area contributed by atoms with Gasteiger partial charge in [-0.25, -0.2) is 4.79 Å². The van der Waals surface area contributed by atoms with Crippen molar-refractivity contribution in [3.05, 3.63) is 64.1 Å². The van der Waals surface area contributed by atoms with Gasteiger partial charge in [-0.15, -0.1) is 0 Å². The molecular weight excluding hydrogens is 377 g/mol. The molecule has 26 heavy (non-hydrogen) atoms. The highest BCUT2D eigenvalue weighted by Gasteiger charge is 2.49. The average molecular weight is 392 g/mol. The van der Waals surface area contributed by atoms with Crippen molar-refractivity contribution in [2.24, 2.45) is 0 Å². The lowest BCUT2D eigenvalue weighted by Crippen LogP contribution is -2.42. The number of rotatable bonds is 4. The van der Waals surface area contributed by atoms with Crippen LogP contribution in [0.5, 0.6) is 0 Å². The Hall–Kier alpha value is -2.57. The predicted molar refractivity (Wildman–Crippen MR) is 99.1 cm³/mol. The van der Waals surface area contributed by atoms with Crippen LogP contribution in [0, 0.1) is 0 Å². The van der Waals surface area contributed by atoms with Gasteiger partial charge in [0, 0.05) is 5.02 Å². The smallest absolute Gasteiger partial charge is 0.323 e. The topological polar surface area (TPSA) is 78.5 Å². The normalized spacial score (nSPS) is 19.4. The summed E-state index contributed by atoms with van der Waals surface area (Å²) >= 11 is 11.9. The molecule has 1 fully saturated rings. The second-order valence-electron chi connectivity index (χ2n) is 5.98. The molecule has 4 amide bonds. The number of hydrogen-bond acceptors (Lipinski definition) is 3. The van der Waals surface area contributed by atoms with Crippen molar-refractivity contribution in [3.63, 3.8) is 0 Å². The van der Waals surface area contributed by atoms with Gasteiger partial charge in [-0.05, 0) is 36.8 Å². The van der Waals surface area contributed by atoms with E-state index in [1.807, 2.05) is 0 Å². The number of anilines is 1. The standard InChI is InChI=1S/C18H15Cl2N3O3/c1-18(11-6-8-12(19)9-7-11)16(25)23(17(26)22-18)10-15(24)21-14-5-3-2-4-13(14)20/h2-9H,10H2,1H3,(H,21,24)(H,22,26)/t18-/m0/s1. The van der Waals surface area contributed by atoms with Crippen LogP contribution in [0.25, 0.3) is 0 Å². The molecule has 2 aromatic carbocycles. The Kier molecular flexibility index (Phi) is 4.89. The van der Waals surface area contributed by atoms with Crippen LogP contribution in [0.1, 0.15) is 12.5 Å². The van der Waals surface area contributed by atoms with Crippen LogP contribution in [-0.2, 0) is 15.1 Å². The van der Waals surface area contributed by atoms with E-state index < -0.39 is 29.9 Å². The third-order valence-electron chi connectivity index (χ3n) is 4.15. The largest absolute Gasteiger partial charge is 0.325 e. The summed E-state index contributed by atoms with van der Waals surface area (Å²) < 4.78 is 0. The molecule has 0 aromatic heterocycles. The van der Waals surface area contributed by atoms with E-state index in [4.69, 9.17) is 23.2 Å². The summed E-state index contributed by atoms with van der Waals surface area (Å²) in [5, 5.41) is 6.11. The van der Waals surface area contributed by atoms with Crippen LogP contribution in [0.4, 0.5) is 10.5 Å². The molecular formula is C18H15Cl2N3O3. The van der Waals surface area contributed by atoms with Crippen molar-refractivity contribution >= 4 is 46.7 Å². The Labute approximate surface area is 160 Å². The summed E-state index contributed by atoms with van der Waals surface area (Å²) in [5.74, 6) is -1.04. The van der Waals surface area contributed by atoms with E-state index in [0.717, 1.165) is 4.90 Å². The summed E-state index contributed by atoms with van der Waals surface area (Å²) in [5.41, 5.74) is -0.271. The highest BCUT2D eigenvalue weighted by molar-refractivity contribution is 6.33. The first-order valence-corrected chi connectivity index (χ1v) is 8.51. The number of nitrogens with zero attached hydrogens (tertiary/aromatic N) is 1. The Bertz CT molecular complexity index is 886. The van der Waals surface area contributed by atoms with Crippen molar-refractivity contribution in [3.8, 4) is 0 Å². The molecule has 0 aliphatic carbocycles. The zero-order chi connectivity index (χ0) is 18.9. The second-order valence-corrected chi connectivity index (χ2v) is 6.83. The number of halogens is 2. The van der Waals surface area contributed by atoms with E-state index in [1.165, 1.54) is 0 Å². The van der Waals surface area contributed by atoms with Gasteiger partial charge < -0.3 is 10.6 Å². The summed E-state index contributed by atoms with van der Waals surface area (Å²) in [6.07, 6.45) is 0. The molecule has 2 aromatic rings. The first-order chi connectivity index (χ1) is 12.3. The van der Waals surface area contributed by atoms with Crippen molar-refractivity contribution < 1.29 is 14.4 Å². The molecule has 0 spiro atoms. The predicted octanol–water partition coefficient (Wildman–Crippen LogP) is 3.40. The number of para-hydroxylation sites is 1. The summed E-state index contributed by atoms with van der Waals surface area (Å²) in [7, 11) is 0. The summed E-state index contributed by atoms with van der Waals surface area (Å²) in [4.78, 5) is 38.2. The van der Waals surface area contributed by atoms with Crippen molar-refractivity contribution in [1.82, 2.24) is 10.2 Å². The maximum absolute atomic E-state index is 12.8. The van der Waals surface area contributed by atoms with E-state index in [1.54, 1.807) is 55.5 Å². The lowest BCUT2D eigenvalue weighted by atomic mass is 9.92. The minimum Gasteiger partial charge on any atom is -0.323 e. The van der Waals surface area contributed by atoms with Crippen LogP contribution in [0.2, 0.25) is 10.0 Å². The molecule has 1 aliphatic heterocycles. The number of carbonyl (C=O) groups is 3. The monoisotopic (exact) mass is 391 g/mol. The number of imide groups is 1. The molecule has 0 bridgehead atoms. The number of urea groups is 1. The quantitative estimate of drug-likeness (QED) is 0.783. The maximum Gasteiger partial charge on any atom is 0.325 e. The van der Waals surface area contributed by atoms with Crippen molar-refractivity contribution in [2.45, 2.75) is 12.5 Å². The molecule has 2 N–H and O–H groups in total. The number of carbonyl (C=O) groups excluding carboxylic acids is 3. The Morgan fingerprint density at radius 3 is 2.42 bits per heavy atom. The number of nitrogens with one attached hydrogen (secondary N) is 2. The van der Waals surface area contributed by atoms with Gasteiger partial charge in [0.1, 0.15) is 12.1 Å².